The van der Waals surface area contributed by atoms with Gasteiger partial charge in [-0.2, -0.15) is 11.8 Å². The van der Waals surface area contributed by atoms with Crippen LogP contribution in [0.15, 0.2) is 24.4 Å². The highest BCUT2D eigenvalue weighted by atomic mass is 35.5. The minimum absolute atomic E-state index is 0.815. The van der Waals surface area contributed by atoms with E-state index in [0.717, 1.165) is 23.1 Å². The van der Waals surface area contributed by atoms with Crippen LogP contribution in [0.25, 0.3) is 10.9 Å². The van der Waals surface area contributed by atoms with Crippen LogP contribution >= 0.6 is 23.4 Å². The summed E-state index contributed by atoms with van der Waals surface area (Å²) < 4.78 is 2.27. The number of halogens is 1. The highest BCUT2D eigenvalue weighted by Gasteiger charge is 2.07. The average molecular weight is 254 g/mol. The number of fused-ring (bicyclic) bond motifs is 1. The van der Waals surface area contributed by atoms with Crippen LogP contribution in [0.1, 0.15) is 19.4 Å². The Morgan fingerprint density at radius 1 is 1.31 bits per heavy atom. The van der Waals surface area contributed by atoms with Gasteiger partial charge in [0.05, 0.1) is 0 Å². The van der Waals surface area contributed by atoms with Gasteiger partial charge in [-0.05, 0) is 30.4 Å². The van der Waals surface area contributed by atoms with E-state index >= 15 is 0 Å². The molecule has 1 heterocycles. The summed E-state index contributed by atoms with van der Waals surface area (Å²) in [5.74, 6) is 2.24. The van der Waals surface area contributed by atoms with E-state index in [4.69, 9.17) is 11.6 Å². The second-order valence-corrected chi connectivity index (χ2v) is 5.45. The van der Waals surface area contributed by atoms with E-state index in [-0.39, 0.29) is 0 Å². The summed E-state index contributed by atoms with van der Waals surface area (Å²) in [6.07, 6.45) is 2.25. The number of aryl methyl sites for hydroxylation is 1. The molecule has 16 heavy (non-hydrogen) atoms. The first-order valence-corrected chi connectivity index (χ1v) is 7.14. The number of benzene rings is 1. The zero-order chi connectivity index (χ0) is 11.5. The summed E-state index contributed by atoms with van der Waals surface area (Å²) in [5.41, 5.74) is 2.67. The van der Waals surface area contributed by atoms with Crippen molar-refractivity contribution < 1.29 is 0 Å². The van der Waals surface area contributed by atoms with Crippen LogP contribution in [0, 0.1) is 0 Å². The molecule has 0 aliphatic carbocycles. The Morgan fingerprint density at radius 2 is 2.12 bits per heavy atom. The molecule has 1 aromatic heterocycles. The van der Waals surface area contributed by atoms with Crippen molar-refractivity contribution >= 4 is 34.3 Å². The highest BCUT2D eigenvalue weighted by molar-refractivity contribution is 7.98. The molecule has 0 aliphatic rings. The first-order valence-electron chi connectivity index (χ1n) is 5.61. The van der Waals surface area contributed by atoms with Gasteiger partial charge in [0.25, 0.3) is 0 Å². The number of nitrogens with zero attached hydrogens (tertiary/aromatic N) is 1. The van der Waals surface area contributed by atoms with Crippen LogP contribution in [0.5, 0.6) is 0 Å². The van der Waals surface area contributed by atoms with Crippen molar-refractivity contribution in [3.8, 4) is 0 Å². The number of thioether (sulfide) groups is 1. The fourth-order valence-corrected chi connectivity index (χ4v) is 2.75. The van der Waals surface area contributed by atoms with Crippen molar-refractivity contribution in [3.63, 3.8) is 0 Å². The summed E-state index contributed by atoms with van der Waals surface area (Å²) in [4.78, 5) is 0. The van der Waals surface area contributed by atoms with Crippen molar-refractivity contribution in [1.82, 2.24) is 4.57 Å². The van der Waals surface area contributed by atoms with Crippen LogP contribution in [-0.4, -0.2) is 10.3 Å². The lowest BCUT2D eigenvalue weighted by atomic mass is 10.2. The predicted octanol–water partition coefficient (Wildman–Crippen LogP) is 4.57. The van der Waals surface area contributed by atoms with Crippen LogP contribution < -0.4 is 0 Å². The largest absolute Gasteiger partial charge is 0.347 e. The molecule has 1 aromatic carbocycles. The van der Waals surface area contributed by atoms with Crippen LogP contribution in [0.2, 0.25) is 5.02 Å². The van der Waals surface area contributed by atoms with Crippen molar-refractivity contribution in [2.24, 2.45) is 0 Å². The lowest BCUT2D eigenvalue weighted by Crippen LogP contribution is -1.90. The van der Waals surface area contributed by atoms with Gasteiger partial charge in [-0.25, -0.2) is 0 Å². The van der Waals surface area contributed by atoms with Crippen LogP contribution in [0.4, 0.5) is 0 Å². The first kappa shape index (κ1) is 11.9. The van der Waals surface area contributed by atoms with E-state index in [2.05, 4.69) is 36.7 Å². The molecule has 0 amide bonds. The molecule has 2 rings (SSSR count). The quantitative estimate of drug-likeness (QED) is 0.773. The smallest absolute Gasteiger partial charge is 0.0498 e. The third kappa shape index (κ3) is 2.23. The molecule has 0 bridgehead atoms. The maximum absolute atomic E-state index is 6.04. The van der Waals surface area contributed by atoms with Crippen molar-refractivity contribution in [2.45, 2.75) is 26.1 Å². The Labute approximate surface area is 106 Å². The number of aromatic nitrogens is 1. The third-order valence-corrected chi connectivity index (χ3v) is 3.89. The van der Waals surface area contributed by atoms with Gasteiger partial charge < -0.3 is 4.57 Å². The number of hydrogen-bond donors (Lipinski definition) is 0. The van der Waals surface area contributed by atoms with Crippen molar-refractivity contribution in [3.05, 3.63) is 35.0 Å². The van der Waals surface area contributed by atoms with Gasteiger partial charge in [0.1, 0.15) is 0 Å². The van der Waals surface area contributed by atoms with Crippen LogP contribution in [0.3, 0.4) is 0 Å². The summed E-state index contributed by atoms with van der Waals surface area (Å²) >= 11 is 8.00. The molecule has 0 saturated heterocycles. The van der Waals surface area contributed by atoms with Gasteiger partial charge in [0.15, 0.2) is 0 Å². The minimum atomic E-state index is 0.815. The Bertz CT molecular complexity index is 490. The molecule has 0 saturated carbocycles. The normalized spacial score (nSPS) is 11.2. The van der Waals surface area contributed by atoms with Gasteiger partial charge in [0, 0.05) is 34.4 Å². The Balaban J connectivity index is 2.50. The zero-order valence-corrected chi connectivity index (χ0v) is 11.2. The Morgan fingerprint density at radius 3 is 2.81 bits per heavy atom. The molecule has 2 aromatic rings. The molecule has 0 spiro atoms. The molecule has 1 nitrogen and oxygen atoms in total. The lowest BCUT2D eigenvalue weighted by molar-refractivity contribution is 0.795. The topological polar surface area (TPSA) is 4.93 Å². The molecule has 3 heteroatoms. The van der Waals surface area contributed by atoms with E-state index in [9.17, 15) is 0 Å². The van der Waals surface area contributed by atoms with E-state index in [1.165, 1.54) is 16.5 Å². The lowest BCUT2D eigenvalue weighted by Gasteiger charge is -1.99. The predicted molar refractivity (Wildman–Crippen MR) is 74.5 cm³/mol. The van der Waals surface area contributed by atoms with Crippen molar-refractivity contribution in [1.29, 1.82) is 0 Å². The Kier molecular flexibility index (Phi) is 3.82. The standard InChI is InChI=1S/C13H16ClNS/c1-3-15-8-10(9-16-4-2)12-6-5-11(14)7-13(12)15/h5-8H,3-4,9H2,1-2H3. The third-order valence-electron chi connectivity index (χ3n) is 2.73. The molecule has 0 N–H and O–H groups in total. The second-order valence-electron chi connectivity index (χ2n) is 3.74. The summed E-state index contributed by atoms with van der Waals surface area (Å²) in [6, 6.07) is 6.17. The molecule has 0 unspecified atom stereocenters. The summed E-state index contributed by atoms with van der Waals surface area (Å²) in [5, 5.41) is 2.15. The SMILES string of the molecule is CCSCc1cn(CC)c2cc(Cl)ccc12. The molecule has 0 aliphatic heterocycles. The van der Waals surface area contributed by atoms with E-state index in [1.807, 2.05) is 17.8 Å². The molecular weight excluding hydrogens is 238 g/mol. The molecular formula is C13H16ClNS. The fraction of sp³-hybridized carbons (Fsp3) is 0.385. The van der Waals surface area contributed by atoms with E-state index in [1.54, 1.807) is 0 Å². The van der Waals surface area contributed by atoms with Gasteiger partial charge >= 0.3 is 0 Å². The fourth-order valence-electron chi connectivity index (χ4n) is 1.93. The molecule has 86 valence electrons. The van der Waals surface area contributed by atoms with Gasteiger partial charge in [0.2, 0.25) is 0 Å². The van der Waals surface area contributed by atoms with Crippen molar-refractivity contribution in [2.75, 3.05) is 5.75 Å². The Hall–Kier alpha value is -0.600. The second kappa shape index (κ2) is 5.15. The molecule has 0 fully saturated rings. The summed E-state index contributed by atoms with van der Waals surface area (Å²) in [7, 11) is 0. The summed E-state index contributed by atoms with van der Waals surface area (Å²) in [6.45, 7) is 5.35. The highest BCUT2D eigenvalue weighted by Crippen LogP contribution is 2.27. The maximum Gasteiger partial charge on any atom is 0.0498 e. The monoisotopic (exact) mass is 253 g/mol. The van der Waals surface area contributed by atoms with Crippen LogP contribution in [-0.2, 0) is 12.3 Å². The minimum Gasteiger partial charge on any atom is -0.347 e. The van der Waals surface area contributed by atoms with Gasteiger partial charge in [-0.1, -0.05) is 24.6 Å². The number of hydrogen-bond acceptors (Lipinski definition) is 1. The van der Waals surface area contributed by atoms with E-state index < -0.39 is 0 Å². The molecule has 0 radical (unpaired) electrons. The first-order chi connectivity index (χ1) is 7.76. The van der Waals surface area contributed by atoms with Gasteiger partial charge in [-0.3, -0.25) is 0 Å². The van der Waals surface area contributed by atoms with E-state index in [0.29, 0.717) is 0 Å². The molecule has 0 atom stereocenters. The maximum atomic E-state index is 6.04. The number of rotatable bonds is 4. The van der Waals surface area contributed by atoms with Gasteiger partial charge in [-0.15, -0.1) is 0 Å². The average Bonchev–Trinajstić information content (AvgIpc) is 2.63. The zero-order valence-electron chi connectivity index (χ0n) is 9.66.